The van der Waals surface area contributed by atoms with Crippen molar-refractivity contribution in [1.29, 1.82) is 0 Å². The van der Waals surface area contributed by atoms with Crippen molar-refractivity contribution in [2.75, 3.05) is 6.54 Å². The van der Waals surface area contributed by atoms with E-state index >= 15 is 0 Å². The van der Waals surface area contributed by atoms with Gasteiger partial charge in [0.05, 0.1) is 0 Å². The first-order chi connectivity index (χ1) is 10.8. The molecule has 0 spiro atoms. The molecule has 0 saturated heterocycles. The molecule has 5 heteroatoms. The number of carbonyl (C=O) groups is 1. The smallest absolute Gasteiger partial charge is 0.220 e. The number of nitrogens with one attached hydrogen (secondary N) is 2. The molecule has 1 unspecified atom stereocenters. The predicted octanol–water partition coefficient (Wildman–Crippen LogP) is 2.49. The Balaban J connectivity index is 1.45. The quantitative estimate of drug-likeness (QED) is 0.805. The van der Waals surface area contributed by atoms with Crippen LogP contribution in [0.15, 0.2) is 42.5 Å². The van der Waals surface area contributed by atoms with Crippen molar-refractivity contribution in [3.63, 3.8) is 0 Å². The molecule has 114 valence electrons. The van der Waals surface area contributed by atoms with Crippen LogP contribution in [0.25, 0.3) is 11.4 Å². The van der Waals surface area contributed by atoms with Gasteiger partial charge in [0.25, 0.3) is 0 Å². The lowest BCUT2D eigenvalue weighted by Crippen LogP contribution is -2.27. The lowest BCUT2D eigenvalue weighted by molar-refractivity contribution is -0.121. The molecule has 0 bridgehead atoms. The second-order valence-corrected chi connectivity index (χ2v) is 5.54. The summed E-state index contributed by atoms with van der Waals surface area (Å²) in [6.07, 6.45) is 7.72. The first-order valence-electron chi connectivity index (χ1n) is 7.71. The zero-order chi connectivity index (χ0) is 15.2. The molecule has 0 aliphatic heterocycles. The fourth-order valence-corrected chi connectivity index (χ4v) is 2.62. The zero-order valence-corrected chi connectivity index (χ0v) is 12.5. The maximum Gasteiger partial charge on any atom is 0.220 e. The summed E-state index contributed by atoms with van der Waals surface area (Å²) in [5.41, 5.74) is 0.988. The number of aromatic amines is 1. The summed E-state index contributed by atoms with van der Waals surface area (Å²) in [6.45, 7) is 0.582. The maximum absolute atomic E-state index is 11.8. The summed E-state index contributed by atoms with van der Waals surface area (Å²) in [7, 11) is 0. The average Bonchev–Trinajstić information content (AvgIpc) is 3.20. The van der Waals surface area contributed by atoms with Gasteiger partial charge in [-0.1, -0.05) is 42.5 Å². The lowest BCUT2D eigenvalue weighted by atomic mass is 10.1. The van der Waals surface area contributed by atoms with Gasteiger partial charge >= 0.3 is 0 Å². The Kier molecular flexibility index (Phi) is 4.63. The lowest BCUT2D eigenvalue weighted by Gasteiger charge is -2.07. The average molecular weight is 296 g/mol. The minimum Gasteiger partial charge on any atom is -0.356 e. The van der Waals surface area contributed by atoms with E-state index in [9.17, 15) is 4.79 Å². The summed E-state index contributed by atoms with van der Waals surface area (Å²) in [4.78, 5) is 16.3. The zero-order valence-electron chi connectivity index (χ0n) is 12.5. The molecule has 1 heterocycles. The molecule has 22 heavy (non-hydrogen) atoms. The first-order valence-corrected chi connectivity index (χ1v) is 7.71. The minimum atomic E-state index is 0.111. The molecule has 1 atom stereocenters. The predicted molar refractivity (Wildman–Crippen MR) is 85.0 cm³/mol. The number of nitrogens with zero attached hydrogens (tertiary/aromatic N) is 2. The summed E-state index contributed by atoms with van der Waals surface area (Å²) in [5, 5.41) is 10.1. The number of carbonyl (C=O) groups excluding carboxylic acids is 1. The van der Waals surface area contributed by atoms with Gasteiger partial charge in [-0.15, -0.1) is 0 Å². The molecule has 1 aliphatic carbocycles. The van der Waals surface area contributed by atoms with Gasteiger partial charge in [0.15, 0.2) is 5.82 Å². The summed E-state index contributed by atoms with van der Waals surface area (Å²) >= 11 is 0. The second-order valence-electron chi connectivity index (χ2n) is 5.54. The topological polar surface area (TPSA) is 70.7 Å². The van der Waals surface area contributed by atoms with Gasteiger partial charge in [0.2, 0.25) is 5.91 Å². The van der Waals surface area contributed by atoms with E-state index in [0.717, 1.165) is 24.2 Å². The first kappa shape index (κ1) is 14.5. The Morgan fingerprint density at radius 2 is 2.18 bits per heavy atom. The van der Waals surface area contributed by atoms with Gasteiger partial charge in [0.1, 0.15) is 5.82 Å². The molecule has 2 N–H and O–H groups in total. The Bertz CT molecular complexity index is 648. The van der Waals surface area contributed by atoms with Crippen LogP contribution < -0.4 is 5.32 Å². The largest absolute Gasteiger partial charge is 0.356 e. The van der Waals surface area contributed by atoms with Crippen molar-refractivity contribution in [2.45, 2.75) is 25.7 Å². The van der Waals surface area contributed by atoms with Crippen molar-refractivity contribution in [1.82, 2.24) is 20.5 Å². The van der Waals surface area contributed by atoms with E-state index in [0.29, 0.717) is 31.1 Å². The van der Waals surface area contributed by atoms with Crippen LogP contribution in [0.3, 0.4) is 0 Å². The van der Waals surface area contributed by atoms with Crippen LogP contribution in [0, 0.1) is 5.92 Å². The van der Waals surface area contributed by atoms with Crippen LogP contribution in [0.5, 0.6) is 0 Å². The van der Waals surface area contributed by atoms with Gasteiger partial charge < -0.3 is 5.32 Å². The monoisotopic (exact) mass is 296 g/mol. The summed E-state index contributed by atoms with van der Waals surface area (Å²) in [5.74, 6) is 2.01. The third-order valence-corrected chi connectivity index (χ3v) is 3.81. The number of benzene rings is 1. The van der Waals surface area contributed by atoms with Gasteiger partial charge in [-0.2, -0.15) is 5.10 Å². The number of rotatable bonds is 6. The van der Waals surface area contributed by atoms with E-state index in [4.69, 9.17) is 0 Å². The van der Waals surface area contributed by atoms with E-state index in [1.165, 1.54) is 0 Å². The van der Waals surface area contributed by atoms with Crippen molar-refractivity contribution < 1.29 is 4.79 Å². The van der Waals surface area contributed by atoms with Crippen molar-refractivity contribution in [2.24, 2.45) is 5.92 Å². The van der Waals surface area contributed by atoms with Gasteiger partial charge in [-0.25, -0.2) is 4.98 Å². The van der Waals surface area contributed by atoms with Gasteiger partial charge in [0, 0.05) is 24.9 Å². The number of hydrogen-bond donors (Lipinski definition) is 2. The second kappa shape index (κ2) is 7.02. The molecule has 0 radical (unpaired) electrons. The molecule has 0 saturated carbocycles. The minimum absolute atomic E-state index is 0.111. The number of aromatic nitrogens is 3. The van der Waals surface area contributed by atoms with E-state index in [-0.39, 0.29) is 5.91 Å². The number of allylic oxidation sites excluding steroid dienone is 2. The van der Waals surface area contributed by atoms with Crippen LogP contribution in [0.4, 0.5) is 0 Å². The number of H-pyrrole nitrogens is 1. The Morgan fingerprint density at radius 3 is 2.95 bits per heavy atom. The highest BCUT2D eigenvalue weighted by atomic mass is 16.1. The van der Waals surface area contributed by atoms with Crippen molar-refractivity contribution in [3.8, 4) is 11.4 Å². The molecular formula is C17H20N4O. The Hall–Kier alpha value is -2.43. The third-order valence-electron chi connectivity index (χ3n) is 3.81. The summed E-state index contributed by atoms with van der Waals surface area (Å²) in [6, 6.07) is 9.84. The summed E-state index contributed by atoms with van der Waals surface area (Å²) < 4.78 is 0. The number of amides is 1. The van der Waals surface area contributed by atoms with Crippen LogP contribution >= 0.6 is 0 Å². The number of hydrogen-bond acceptors (Lipinski definition) is 3. The molecule has 1 aromatic carbocycles. The normalized spacial score (nSPS) is 16.8. The van der Waals surface area contributed by atoms with Crippen molar-refractivity contribution >= 4 is 5.91 Å². The molecule has 0 fully saturated rings. The highest BCUT2D eigenvalue weighted by molar-refractivity contribution is 5.76. The fourth-order valence-electron chi connectivity index (χ4n) is 2.62. The molecule has 5 nitrogen and oxygen atoms in total. The van der Waals surface area contributed by atoms with E-state index in [2.05, 4.69) is 32.7 Å². The Morgan fingerprint density at radius 1 is 1.32 bits per heavy atom. The highest BCUT2D eigenvalue weighted by Gasteiger charge is 2.13. The van der Waals surface area contributed by atoms with Crippen LogP contribution in [-0.4, -0.2) is 27.6 Å². The van der Waals surface area contributed by atoms with E-state index < -0.39 is 0 Å². The molecule has 1 aromatic heterocycles. The molecule has 1 aliphatic rings. The van der Waals surface area contributed by atoms with Gasteiger partial charge in [-0.3, -0.25) is 9.89 Å². The third kappa shape index (κ3) is 3.81. The molecule has 3 rings (SSSR count). The fraction of sp³-hybridized carbons (Fsp3) is 0.353. The standard InChI is InChI=1S/C17H20N4O/c22-16(12-13-6-4-5-7-13)18-11-10-15-19-17(21-20-15)14-8-2-1-3-9-14/h1-4,6,8-9,13H,5,7,10-12H2,(H,18,22)(H,19,20,21). The van der Waals surface area contributed by atoms with Crippen LogP contribution in [-0.2, 0) is 11.2 Å². The molecule has 1 amide bonds. The Labute approximate surface area is 129 Å². The molecular weight excluding hydrogens is 276 g/mol. The highest BCUT2D eigenvalue weighted by Crippen LogP contribution is 2.19. The van der Waals surface area contributed by atoms with Crippen LogP contribution in [0.1, 0.15) is 25.1 Å². The van der Waals surface area contributed by atoms with E-state index in [1.54, 1.807) is 0 Å². The maximum atomic E-state index is 11.8. The van der Waals surface area contributed by atoms with Crippen LogP contribution in [0.2, 0.25) is 0 Å². The SMILES string of the molecule is O=C(CC1C=CCC1)NCCc1nc(-c2ccccc2)n[nH]1. The van der Waals surface area contributed by atoms with E-state index in [1.807, 2.05) is 30.3 Å². The van der Waals surface area contributed by atoms with Gasteiger partial charge in [-0.05, 0) is 18.8 Å². The van der Waals surface area contributed by atoms with Crippen molar-refractivity contribution in [3.05, 3.63) is 48.3 Å². The molecule has 2 aromatic rings.